The zero-order valence-corrected chi connectivity index (χ0v) is 15.4. The molecule has 2 N–H and O–H groups in total. The summed E-state index contributed by atoms with van der Waals surface area (Å²) in [5.74, 6) is -1.96. The molecule has 8 heteroatoms. The lowest BCUT2D eigenvalue weighted by atomic mass is 10.1. The molecule has 0 bridgehead atoms. The molecule has 4 amide bonds. The number of aromatic carboxylic acids is 1. The van der Waals surface area contributed by atoms with Crippen molar-refractivity contribution in [1.29, 1.82) is 0 Å². The maximum Gasteiger partial charge on any atom is 0.335 e. The normalized spacial score (nSPS) is 15.4. The van der Waals surface area contributed by atoms with Gasteiger partial charge in [0.15, 0.2) is 0 Å². The number of hydrogen-bond acceptors (Lipinski definition) is 5. The zero-order chi connectivity index (χ0) is 21.3. The van der Waals surface area contributed by atoms with Crippen molar-refractivity contribution in [3.05, 3.63) is 83.6 Å². The number of urea groups is 1. The number of anilines is 1. The number of para-hydroxylation sites is 1. The Labute approximate surface area is 170 Å². The number of imide groups is 2. The number of carbonyl (C=O) groups excluding carboxylic acids is 3. The molecule has 1 aromatic heterocycles. The first-order valence-electron chi connectivity index (χ1n) is 8.84. The number of benzene rings is 2. The Balaban J connectivity index is 1.64. The minimum Gasteiger partial charge on any atom is -0.478 e. The van der Waals surface area contributed by atoms with Gasteiger partial charge in [0, 0.05) is 5.56 Å². The van der Waals surface area contributed by atoms with Crippen molar-refractivity contribution in [2.24, 2.45) is 0 Å². The Morgan fingerprint density at radius 3 is 2.30 bits per heavy atom. The summed E-state index contributed by atoms with van der Waals surface area (Å²) >= 11 is 0. The van der Waals surface area contributed by atoms with Crippen LogP contribution in [-0.2, 0) is 9.59 Å². The first kappa shape index (κ1) is 18.9. The van der Waals surface area contributed by atoms with Crippen LogP contribution in [0.15, 0.2) is 76.7 Å². The molecule has 0 saturated carbocycles. The number of rotatable bonds is 4. The van der Waals surface area contributed by atoms with E-state index in [1.54, 1.807) is 54.6 Å². The summed E-state index contributed by atoms with van der Waals surface area (Å²) < 4.78 is 5.68. The van der Waals surface area contributed by atoms with E-state index in [9.17, 15) is 19.2 Å². The van der Waals surface area contributed by atoms with E-state index in [0.29, 0.717) is 17.0 Å². The third-order valence-electron chi connectivity index (χ3n) is 4.45. The van der Waals surface area contributed by atoms with Gasteiger partial charge in [-0.15, -0.1) is 0 Å². The Morgan fingerprint density at radius 2 is 1.63 bits per heavy atom. The van der Waals surface area contributed by atoms with Crippen molar-refractivity contribution in [2.75, 3.05) is 4.90 Å². The molecule has 1 fully saturated rings. The predicted molar refractivity (Wildman–Crippen MR) is 107 cm³/mol. The summed E-state index contributed by atoms with van der Waals surface area (Å²) in [6.45, 7) is 0. The largest absolute Gasteiger partial charge is 0.478 e. The molecule has 0 aliphatic carbocycles. The van der Waals surface area contributed by atoms with Crippen LogP contribution in [0, 0.1) is 0 Å². The van der Waals surface area contributed by atoms with E-state index in [-0.39, 0.29) is 16.9 Å². The number of barbiturate groups is 1. The molecule has 0 atom stereocenters. The zero-order valence-electron chi connectivity index (χ0n) is 15.4. The molecule has 30 heavy (non-hydrogen) atoms. The second kappa shape index (κ2) is 7.51. The van der Waals surface area contributed by atoms with Crippen LogP contribution in [0.25, 0.3) is 17.4 Å². The van der Waals surface area contributed by atoms with Crippen LogP contribution in [0.4, 0.5) is 10.5 Å². The van der Waals surface area contributed by atoms with Crippen LogP contribution >= 0.6 is 0 Å². The molecule has 8 nitrogen and oxygen atoms in total. The van der Waals surface area contributed by atoms with Crippen molar-refractivity contribution in [3.8, 4) is 11.3 Å². The first-order chi connectivity index (χ1) is 14.4. The molecular weight excluding hydrogens is 388 g/mol. The van der Waals surface area contributed by atoms with Crippen LogP contribution in [0.1, 0.15) is 16.1 Å². The van der Waals surface area contributed by atoms with Gasteiger partial charge in [0.25, 0.3) is 11.8 Å². The fourth-order valence-corrected chi connectivity index (χ4v) is 2.97. The molecule has 1 aliphatic heterocycles. The molecule has 0 spiro atoms. The summed E-state index contributed by atoms with van der Waals surface area (Å²) in [6.07, 6.45) is 1.26. The van der Waals surface area contributed by atoms with Gasteiger partial charge in [0.1, 0.15) is 17.1 Å². The van der Waals surface area contributed by atoms with E-state index in [4.69, 9.17) is 9.52 Å². The van der Waals surface area contributed by atoms with Crippen molar-refractivity contribution in [2.45, 2.75) is 0 Å². The average Bonchev–Trinajstić information content (AvgIpc) is 3.20. The summed E-state index contributed by atoms with van der Waals surface area (Å²) in [6, 6.07) is 16.7. The van der Waals surface area contributed by atoms with E-state index in [0.717, 1.165) is 4.90 Å². The van der Waals surface area contributed by atoms with Crippen molar-refractivity contribution < 1.29 is 28.7 Å². The smallest absolute Gasteiger partial charge is 0.335 e. The van der Waals surface area contributed by atoms with Gasteiger partial charge in [-0.05, 0) is 42.5 Å². The lowest BCUT2D eigenvalue weighted by Gasteiger charge is -2.26. The van der Waals surface area contributed by atoms with Crippen molar-refractivity contribution in [1.82, 2.24) is 5.32 Å². The Bertz CT molecular complexity index is 1190. The molecule has 1 aliphatic rings. The van der Waals surface area contributed by atoms with Gasteiger partial charge in [-0.3, -0.25) is 14.9 Å². The van der Waals surface area contributed by atoms with Crippen LogP contribution in [0.2, 0.25) is 0 Å². The highest BCUT2D eigenvalue weighted by Gasteiger charge is 2.36. The third-order valence-corrected chi connectivity index (χ3v) is 4.45. The second-order valence-electron chi connectivity index (χ2n) is 6.38. The van der Waals surface area contributed by atoms with Gasteiger partial charge in [0.05, 0.1) is 11.3 Å². The van der Waals surface area contributed by atoms with Crippen LogP contribution in [0.5, 0.6) is 0 Å². The number of hydrogen-bond donors (Lipinski definition) is 2. The highest BCUT2D eigenvalue weighted by molar-refractivity contribution is 6.39. The van der Waals surface area contributed by atoms with Gasteiger partial charge in [0.2, 0.25) is 0 Å². The highest BCUT2D eigenvalue weighted by Crippen LogP contribution is 2.26. The van der Waals surface area contributed by atoms with Crippen LogP contribution in [-0.4, -0.2) is 28.9 Å². The minimum absolute atomic E-state index is 0.141. The van der Waals surface area contributed by atoms with E-state index in [1.165, 1.54) is 18.2 Å². The molecular formula is C22H14N2O6. The number of carboxylic acid groups (broad SMARTS) is 1. The summed E-state index contributed by atoms with van der Waals surface area (Å²) in [5.41, 5.74) is 0.852. The lowest BCUT2D eigenvalue weighted by Crippen LogP contribution is -2.54. The van der Waals surface area contributed by atoms with Crippen LogP contribution < -0.4 is 10.2 Å². The number of carbonyl (C=O) groups is 4. The van der Waals surface area contributed by atoms with E-state index in [2.05, 4.69) is 5.32 Å². The Kier molecular flexibility index (Phi) is 4.73. The van der Waals surface area contributed by atoms with Crippen molar-refractivity contribution in [3.63, 3.8) is 0 Å². The number of nitrogens with one attached hydrogen (secondary N) is 1. The molecule has 0 radical (unpaired) electrons. The minimum atomic E-state index is -1.04. The molecule has 3 aromatic rings. The molecule has 4 rings (SSSR count). The van der Waals surface area contributed by atoms with Crippen molar-refractivity contribution >= 4 is 35.6 Å². The predicted octanol–water partition coefficient (Wildman–Crippen LogP) is 3.31. The fraction of sp³-hybridized carbons (Fsp3) is 0. The highest BCUT2D eigenvalue weighted by atomic mass is 16.4. The standard InChI is InChI=1S/C22H14N2O6/c25-19-17(20(26)24(22(29)23-19)15-4-2-1-3-5-15)12-16-10-11-18(30-16)13-6-8-14(9-7-13)21(27)28/h1-12H,(H,27,28)(H,23,25,29)/b17-12+. The SMILES string of the molecule is O=C1NC(=O)N(c2ccccc2)C(=O)/C1=C/c1ccc(-c2ccc(C(=O)O)cc2)o1. The molecule has 2 heterocycles. The number of amides is 4. The quantitative estimate of drug-likeness (QED) is 0.511. The van der Waals surface area contributed by atoms with Gasteiger partial charge in [-0.1, -0.05) is 30.3 Å². The van der Waals surface area contributed by atoms with Gasteiger partial charge < -0.3 is 9.52 Å². The summed E-state index contributed by atoms with van der Waals surface area (Å²) in [5, 5.41) is 11.1. The maximum atomic E-state index is 12.8. The summed E-state index contributed by atoms with van der Waals surface area (Å²) in [4.78, 5) is 49.0. The number of furan rings is 1. The van der Waals surface area contributed by atoms with Gasteiger partial charge >= 0.3 is 12.0 Å². The maximum absolute atomic E-state index is 12.8. The van der Waals surface area contributed by atoms with Gasteiger partial charge in [-0.25, -0.2) is 14.5 Å². The fourth-order valence-electron chi connectivity index (χ4n) is 2.97. The lowest BCUT2D eigenvalue weighted by molar-refractivity contribution is -0.122. The van der Waals surface area contributed by atoms with E-state index in [1.807, 2.05) is 0 Å². The second-order valence-corrected chi connectivity index (χ2v) is 6.38. The average molecular weight is 402 g/mol. The molecule has 148 valence electrons. The van der Waals surface area contributed by atoms with Gasteiger partial charge in [-0.2, -0.15) is 0 Å². The topological polar surface area (TPSA) is 117 Å². The third kappa shape index (κ3) is 3.49. The van der Waals surface area contributed by atoms with E-state index >= 15 is 0 Å². The number of nitrogens with zero attached hydrogens (tertiary/aromatic N) is 1. The summed E-state index contributed by atoms with van der Waals surface area (Å²) in [7, 11) is 0. The Hall–Kier alpha value is -4.46. The molecule has 1 saturated heterocycles. The Morgan fingerprint density at radius 1 is 0.933 bits per heavy atom. The first-order valence-corrected chi connectivity index (χ1v) is 8.84. The number of carboxylic acids is 1. The van der Waals surface area contributed by atoms with Crippen LogP contribution in [0.3, 0.4) is 0 Å². The monoisotopic (exact) mass is 402 g/mol. The molecule has 0 unspecified atom stereocenters. The van der Waals surface area contributed by atoms with E-state index < -0.39 is 23.8 Å². The molecule has 2 aromatic carbocycles.